The van der Waals surface area contributed by atoms with E-state index in [1.165, 1.54) is 12.1 Å². The van der Waals surface area contributed by atoms with Crippen LogP contribution in [0.15, 0.2) is 42.5 Å². The third-order valence-corrected chi connectivity index (χ3v) is 3.19. The first-order chi connectivity index (χ1) is 9.82. The molecule has 112 valence electrons. The van der Waals surface area contributed by atoms with Crippen LogP contribution in [0, 0.1) is 11.6 Å². The lowest BCUT2D eigenvalue weighted by atomic mass is 10.2. The quantitative estimate of drug-likeness (QED) is 0.892. The van der Waals surface area contributed by atoms with Crippen LogP contribution >= 0.6 is 0 Å². The van der Waals surface area contributed by atoms with Crippen LogP contribution in [0.3, 0.4) is 0 Å². The Morgan fingerprint density at radius 2 is 1.62 bits per heavy atom. The average molecular weight is 312 g/mol. The van der Waals surface area contributed by atoms with E-state index in [2.05, 4.69) is 10.0 Å². The standard InChI is InChI=1S/C14H14F2N2O2S/c1-21(19,20)18-14-4-2-3-13(8-14)17-9-10-5-11(15)7-12(16)6-10/h2-8,17-18H,9H2,1H3. The number of anilines is 2. The van der Waals surface area contributed by atoms with Gasteiger partial charge in [-0.1, -0.05) is 6.07 Å². The van der Waals surface area contributed by atoms with Gasteiger partial charge in [0, 0.05) is 18.3 Å². The lowest BCUT2D eigenvalue weighted by Crippen LogP contribution is -2.09. The Balaban J connectivity index is 2.08. The van der Waals surface area contributed by atoms with E-state index in [0.717, 1.165) is 12.3 Å². The molecule has 2 rings (SSSR count). The minimum atomic E-state index is -3.35. The van der Waals surface area contributed by atoms with Gasteiger partial charge in [0.05, 0.1) is 11.9 Å². The third kappa shape index (κ3) is 5.03. The summed E-state index contributed by atoms with van der Waals surface area (Å²) in [6, 6.07) is 9.86. The molecule has 0 saturated carbocycles. The number of hydrogen-bond acceptors (Lipinski definition) is 3. The van der Waals surface area contributed by atoms with Gasteiger partial charge in [-0.15, -0.1) is 0 Å². The summed E-state index contributed by atoms with van der Waals surface area (Å²) in [5.41, 5.74) is 1.50. The van der Waals surface area contributed by atoms with E-state index in [1.807, 2.05) is 0 Å². The number of benzene rings is 2. The van der Waals surface area contributed by atoms with Gasteiger partial charge in [-0.2, -0.15) is 0 Å². The van der Waals surface area contributed by atoms with E-state index in [1.54, 1.807) is 24.3 Å². The predicted molar refractivity (Wildman–Crippen MR) is 78.6 cm³/mol. The second-order valence-electron chi connectivity index (χ2n) is 4.59. The first-order valence-electron chi connectivity index (χ1n) is 6.08. The normalized spacial score (nSPS) is 11.2. The molecular formula is C14H14F2N2O2S. The van der Waals surface area contributed by atoms with Crippen molar-refractivity contribution in [1.29, 1.82) is 0 Å². The maximum atomic E-state index is 13.1. The Morgan fingerprint density at radius 3 is 2.24 bits per heavy atom. The van der Waals surface area contributed by atoms with Gasteiger partial charge in [-0.05, 0) is 35.9 Å². The molecule has 4 nitrogen and oxygen atoms in total. The van der Waals surface area contributed by atoms with Gasteiger partial charge in [0.25, 0.3) is 0 Å². The maximum absolute atomic E-state index is 13.1. The molecule has 2 aromatic carbocycles. The van der Waals surface area contributed by atoms with Gasteiger partial charge in [-0.3, -0.25) is 4.72 Å². The molecular weight excluding hydrogens is 298 g/mol. The van der Waals surface area contributed by atoms with Gasteiger partial charge in [0.15, 0.2) is 0 Å². The Bertz CT molecular complexity index is 728. The van der Waals surface area contributed by atoms with Crippen LogP contribution in [0.5, 0.6) is 0 Å². The van der Waals surface area contributed by atoms with Crippen molar-refractivity contribution in [3.63, 3.8) is 0 Å². The molecule has 0 heterocycles. The van der Waals surface area contributed by atoms with Crippen molar-refractivity contribution >= 4 is 21.4 Å². The molecule has 0 atom stereocenters. The molecule has 0 aliphatic rings. The largest absolute Gasteiger partial charge is 0.381 e. The lowest BCUT2D eigenvalue weighted by molar-refractivity contribution is 0.580. The van der Waals surface area contributed by atoms with Crippen LogP contribution in [0.1, 0.15) is 5.56 Å². The summed E-state index contributed by atoms with van der Waals surface area (Å²) < 4.78 is 50.8. The molecule has 0 fully saturated rings. The van der Waals surface area contributed by atoms with Crippen LogP contribution in [0.25, 0.3) is 0 Å². The van der Waals surface area contributed by atoms with Crippen molar-refractivity contribution in [2.75, 3.05) is 16.3 Å². The van der Waals surface area contributed by atoms with E-state index in [0.29, 0.717) is 16.9 Å². The zero-order chi connectivity index (χ0) is 15.5. The fraction of sp³-hybridized carbons (Fsp3) is 0.143. The molecule has 0 saturated heterocycles. The van der Waals surface area contributed by atoms with Gasteiger partial charge in [0.1, 0.15) is 11.6 Å². The smallest absolute Gasteiger partial charge is 0.229 e. The number of halogens is 2. The first-order valence-corrected chi connectivity index (χ1v) is 7.98. The van der Waals surface area contributed by atoms with Crippen LogP contribution in [-0.2, 0) is 16.6 Å². The molecule has 0 radical (unpaired) electrons. The highest BCUT2D eigenvalue weighted by molar-refractivity contribution is 7.92. The first kappa shape index (κ1) is 15.2. The summed E-state index contributed by atoms with van der Waals surface area (Å²) in [6.45, 7) is 0.219. The summed E-state index contributed by atoms with van der Waals surface area (Å²) in [6.07, 6.45) is 1.06. The van der Waals surface area contributed by atoms with E-state index < -0.39 is 21.7 Å². The van der Waals surface area contributed by atoms with Crippen LogP contribution in [0.2, 0.25) is 0 Å². The van der Waals surface area contributed by atoms with Crippen molar-refractivity contribution < 1.29 is 17.2 Å². The predicted octanol–water partition coefficient (Wildman–Crippen LogP) is 2.95. The summed E-state index contributed by atoms with van der Waals surface area (Å²) >= 11 is 0. The topological polar surface area (TPSA) is 58.2 Å². The van der Waals surface area contributed by atoms with Crippen molar-refractivity contribution in [3.8, 4) is 0 Å². The number of rotatable bonds is 5. The fourth-order valence-corrected chi connectivity index (χ4v) is 2.38. The molecule has 0 bridgehead atoms. The molecule has 0 aliphatic heterocycles. The van der Waals surface area contributed by atoms with Gasteiger partial charge in [-0.25, -0.2) is 17.2 Å². The minimum Gasteiger partial charge on any atom is -0.381 e. The highest BCUT2D eigenvalue weighted by Gasteiger charge is 2.04. The van der Waals surface area contributed by atoms with E-state index in [-0.39, 0.29) is 6.54 Å². The van der Waals surface area contributed by atoms with Gasteiger partial charge >= 0.3 is 0 Å². The SMILES string of the molecule is CS(=O)(=O)Nc1cccc(NCc2cc(F)cc(F)c2)c1. The number of nitrogens with one attached hydrogen (secondary N) is 2. The second-order valence-corrected chi connectivity index (χ2v) is 6.33. The summed E-state index contributed by atoms with van der Waals surface area (Å²) in [5.74, 6) is -1.28. The summed E-state index contributed by atoms with van der Waals surface area (Å²) in [5, 5.41) is 2.97. The number of sulfonamides is 1. The van der Waals surface area contributed by atoms with Crippen LogP contribution < -0.4 is 10.0 Å². The molecule has 2 aromatic rings. The Kier molecular flexibility index (Phi) is 4.42. The van der Waals surface area contributed by atoms with Crippen molar-refractivity contribution in [2.24, 2.45) is 0 Å². The Morgan fingerprint density at radius 1 is 1.00 bits per heavy atom. The number of hydrogen-bond donors (Lipinski definition) is 2. The highest BCUT2D eigenvalue weighted by atomic mass is 32.2. The van der Waals surface area contributed by atoms with E-state index in [4.69, 9.17) is 0 Å². The fourth-order valence-electron chi connectivity index (χ4n) is 1.82. The molecule has 0 aliphatic carbocycles. The van der Waals surface area contributed by atoms with Gasteiger partial charge in [0.2, 0.25) is 10.0 Å². The monoisotopic (exact) mass is 312 g/mol. The second kappa shape index (κ2) is 6.09. The lowest BCUT2D eigenvalue weighted by Gasteiger charge is -2.09. The summed E-state index contributed by atoms with van der Waals surface area (Å²) in [7, 11) is -3.35. The molecule has 21 heavy (non-hydrogen) atoms. The van der Waals surface area contributed by atoms with E-state index >= 15 is 0 Å². The summed E-state index contributed by atoms with van der Waals surface area (Å²) in [4.78, 5) is 0. The zero-order valence-electron chi connectivity index (χ0n) is 11.2. The average Bonchev–Trinajstić information content (AvgIpc) is 2.33. The van der Waals surface area contributed by atoms with E-state index in [9.17, 15) is 17.2 Å². The van der Waals surface area contributed by atoms with Crippen molar-refractivity contribution in [1.82, 2.24) is 0 Å². The maximum Gasteiger partial charge on any atom is 0.229 e. The van der Waals surface area contributed by atoms with Crippen molar-refractivity contribution in [2.45, 2.75) is 6.54 Å². The molecule has 0 aromatic heterocycles. The van der Waals surface area contributed by atoms with Gasteiger partial charge < -0.3 is 5.32 Å². The minimum absolute atomic E-state index is 0.219. The molecule has 7 heteroatoms. The molecule has 0 spiro atoms. The molecule has 0 unspecified atom stereocenters. The van der Waals surface area contributed by atoms with Crippen LogP contribution in [-0.4, -0.2) is 14.7 Å². The molecule has 0 amide bonds. The van der Waals surface area contributed by atoms with Crippen molar-refractivity contribution in [3.05, 3.63) is 59.7 Å². The Labute approximate surface area is 121 Å². The third-order valence-electron chi connectivity index (χ3n) is 2.58. The highest BCUT2D eigenvalue weighted by Crippen LogP contribution is 2.17. The zero-order valence-corrected chi connectivity index (χ0v) is 12.0. The Hall–Kier alpha value is -2.15. The molecule has 2 N–H and O–H groups in total. The van der Waals surface area contributed by atoms with Crippen LogP contribution in [0.4, 0.5) is 20.2 Å².